The van der Waals surface area contributed by atoms with Crippen LogP contribution < -0.4 is 4.90 Å². The first-order valence-electron chi connectivity index (χ1n) is 8.23. The molecular weight excluding hydrogens is 475 g/mol. The van der Waals surface area contributed by atoms with Gasteiger partial charge in [0, 0.05) is 15.2 Å². The van der Waals surface area contributed by atoms with Gasteiger partial charge in [-0.05, 0) is 29.8 Å². The molecule has 142 valence electrons. The lowest BCUT2D eigenvalue weighted by Gasteiger charge is -2.27. The Labute approximate surface area is 174 Å². The maximum absolute atomic E-state index is 14.6. The van der Waals surface area contributed by atoms with E-state index in [9.17, 15) is 12.8 Å². The monoisotopic (exact) mass is 488 g/mol. The van der Waals surface area contributed by atoms with Crippen LogP contribution in [0.2, 0.25) is 5.02 Å². The van der Waals surface area contributed by atoms with Crippen molar-refractivity contribution in [3.05, 3.63) is 63.3 Å². The van der Waals surface area contributed by atoms with Crippen LogP contribution in [0.15, 0.2) is 51.9 Å². The highest BCUT2D eigenvalue weighted by Crippen LogP contribution is 2.38. The van der Waals surface area contributed by atoms with Gasteiger partial charge in [0.05, 0.1) is 29.3 Å². The summed E-state index contributed by atoms with van der Waals surface area (Å²) < 4.78 is 39.4. The fraction of sp³-hybridized carbons (Fsp3) is 0.278. The van der Waals surface area contributed by atoms with Gasteiger partial charge < -0.3 is 4.90 Å². The van der Waals surface area contributed by atoms with Crippen LogP contribution in [-0.4, -0.2) is 37.2 Å². The number of halogens is 3. The lowest BCUT2D eigenvalue weighted by Crippen LogP contribution is -2.39. The number of aliphatic imine (C=N–C) groups is 1. The number of fused-ring (bicyclic) bond motifs is 1. The van der Waals surface area contributed by atoms with Crippen molar-refractivity contribution in [1.82, 2.24) is 0 Å². The number of hydrogen-bond donors (Lipinski definition) is 0. The summed E-state index contributed by atoms with van der Waals surface area (Å²) in [5.74, 6) is 0.134. The van der Waals surface area contributed by atoms with Gasteiger partial charge in [0.1, 0.15) is 5.82 Å². The molecular formula is C18H15BrClFN2O2S2. The number of sulfone groups is 1. The molecule has 0 N–H and O–H groups in total. The van der Waals surface area contributed by atoms with Crippen molar-refractivity contribution in [2.24, 2.45) is 4.99 Å². The van der Waals surface area contributed by atoms with Crippen molar-refractivity contribution in [3.8, 4) is 0 Å². The summed E-state index contributed by atoms with van der Waals surface area (Å²) in [5, 5.41) is 1.29. The maximum Gasteiger partial charge on any atom is 0.164 e. The SMILES string of the molecule is O=S1(=O)C[C@H]2N=C(SCc3ccccc3Cl)N(c3ccc(Br)cc3F)[C@H]2C1. The van der Waals surface area contributed by atoms with Gasteiger partial charge in [-0.25, -0.2) is 12.8 Å². The van der Waals surface area contributed by atoms with Gasteiger partial charge in [0.25, 0.3) is 0 Å². The molecule has 0 saturated carbocycles. The summed E-state index contributed by atoms with van der Waals surface area (Å²) in [7, 11) is -3.18. The summed E-state index contributed by atoms with van der Waals surface area (Å²) in [6.45, 7) is 0. The van der Waals surface area contributed by atoms with Gasteiger partial charge >= 0.3 is 0 Å². The van der Waals surface area contributed by atoms with Crippen LogP contribution in [0.4, 0.5) is 10.1 Å². The molecule has 9 heteroatoms. The van der Waals surface area contributed by atoms with Gasteiger partial charge in [0.2, 0.25) is 0 Å². The third kappa shape index (κ3) is 3.90. The number of thioether (sulfide) groups is 1. The van der Waals surface area contributed by atoms with E-state index in [2.05, 4.69) is 20.9 Å². The van der Waals surface area contributed by atoms with Gasteiger partial charge in [-0.1, -0.05) is 57.5 Å². The molecule has 0 amide bonds. The average molecular weight is 490 g/mol. The predicted molar refractivity (Wildman–Crippen MR) is 113 cm³/mol. The summed E-state index contributed by atoms with van der Waals surface area (Å²) in [6, 6.07) is 11.5. The number of benzene rings is 2. The fourth-order valence-corrected chi connectivity index (χ4v) is 6.93. The maximum atomic E-state index is 14.6. The minimum atomic E-state index is -3.18. The first-order chi connectivity index (χ1) is 12.8. The fourth-order valence-electron chi connectivity index (χ4n) is 3.35. The lowest BCUT2D eigenvalue weighted by atomic mass is 10.1. The molecule has 0 bridgehead atoms. The molecule has 2 aromatic carbocycles. The van der Waals surface area contributed by atoms with E-state index in [-0.39, 0.29) is 23.6 Å². The zero-order valence-corrected chi connectivity index (χ0v) is 18.0. The first-order valence-corrected chi connectivity index (χ1v) is 12.2. The van der Waals surface area contributed by atoms with E-state index in [0.29, 0.717) is 26.1 Å². The number of hydrogen-bond acceptors (Lipinski definition) is 5. The van der Waals surface area contributed by atoms with Gasteiger partial charge in [-0.2, -0.15) is 0 Å². The second-order valence-electron chi connectivity index (χ2n) is 6.47. The van der Waals surface area contributed by atoms with Crippen LogP contribution in [0.3, 0.4) is 0 Å². The predicted octanol–water partition coefficient (Wildman–Crippen LogP) is 4.52. The Hall–Kier alpha value is -1.09. The molecule has 0 spiro atoms. The first kappa shape index (κ1) is 19.2. The van der Waals surface area contributed by atoms with E-state index in [1.165, 1.54) is 17.8 Å². The highest BCUT2D eigenvalue weighted by molar-refractivity contribution is 9.10. The van der Waals surface area contributed by atoms with Crippen LogP contribution in [0.25, 0.3) is 0 Å². The van der Waals surface area contributed by atoms with Gasteiger partial charge in [-0.3, -0.25) is 4.99 Å². The Morgan fingerprint density at radius 3 is 2.78 bits per heavy atom. The molecule has 4 rings (SSSR count). The molecule has 2 aromatic rings. The third-order valence-corrected chi connectivity index (χ3v) is 8.17. The number of amidine groups is 1. The van der Waals surface area contributed by atoms with Crippen LogP contribution in [-0.2, 0) is 15.6 Å². The quantitative estimate of drug-likeness (QED) is 0.636. The van der Waals surface area contributed by atoms with E-state index in [0.717, 1.165) is 5.56 Å². The second-order valence-corrected chi connectivity index (χ2v) is 10.9. The zero-order valence-electron chi connectivity index (χ0n) is 14.0. The van der Waals surface area contributed by atoms with Crippen LogP contribution in [0.5, 0.6) is 0 Å². The van der Waals surface area contributed by atoms with E-state index >= 15 is 0 Å². The van der Waals surface area contributed by atoms with E-state index in [1.54, 1.807) is 17.0 Å². The Morgan fingerprint density at radius 1 is 1.26 bits per heavy atom. The molecule has 2 aliphatic heterocycles. The van der Waals surface area contributed by atoms with Crippen molar-refractivity contribution in [1.29, 1.82) is 0 Å². The third-order valence-electron chi connectivity index (χ3n) is 4.59. The molecule has 2 heterocycles. The van der Waals surface area contributed by atoms with Crippen molar-refractivity contribution in [3.63, 3.8) is 0 Å². The minimum absolute atomic E-state index is 0.00245. The van der Waals surface area contributed by atoms with Crippen molar-refractivity contribution in [2.75, 3.05) is 16.4 Å². The lowest BCUT2D eigenvalue weighted by molar-refractivity contribution is 0.600. The summed E-state index contributed by atoms with van der Waals surface area (Å²) in [6.07, 6.45) is 0. The van der Waals surface area contributed by atoms with E-state index < -0.39 is 15.7 Å². The Balaban J connectivity index is 1.66. The molecule has 0 aromatic heterocycles. The minimum Gasteiger partial charge on any atom is -0.312 e. The topological polar surface area (TPSA) is 49.7 Å². The van der Waals surface area contributed by atoms with Gasteiger partial charge in [-0.15, -0.1) is 0 Å². The molecule has 2 aliphatic rings. The largest absolute Gasteiger partial charge is 0.312 e. The smallest absolute Gasteiger partial charge is 0.164 e. The molecule has 27 heavy (non-hydrogen) atoms. The Kier molecular flexibility index (Phi) is 5.26. The highest BCUT2D eigenvalue weighted by atomic mass is 79.9. The van der Waals surface area contributed by atoms with Crippen molar-refractivity contribution in [2.45, 2.75) is 17.8 Å². The van der Waals surface area contributed by atoms with Gasteiger partial charge in [0.15, 0.2) is 15.0 Å². The second kappa shape index (κ2) is 7.39. The van der Waals surface area contributed by atoms with Crippen LogP contribution in [0, 0.1) is 5.82 Å². The number of nitrogens with zero attached hydrogens (tertiary/aromatic N) is 2. The van der Waals surface area contributed by atoms with Crippen LogP contribution in [0.1, 0.15) is 5.56 Å². The molecule has 1 fully saturated rings. The normalized spacial score (nSPS) is 23.4. The summed E-state index contributed by atoms with van der Waals surface area (Å²) >= 11 is 10.9. The molecule has 0 unspecified atom stereocenters. The highest BCUT2D eigenvalue weighted by Gasteiger charge is 2.47. The summed E-state index contributed by atoms with van der Waals surface area (Å²) in [4.78, 5) is 6.35. The van der Waals surface area contributed by atoms with Crippen LogP contribution >= 0.6 is 39.3 Å². The molecule has 1 saturated heterocycles. The molecule has 2 atom stereocenters. The Bertz CT molecular complexity index is 1030. The molecule has 0 radical (unpaired) electrons. The van der Waals surface area contributed by atoms with E-state index in [4.69, 9.17) is 11.6 Å². The van der Waals surface area contributed by atoms with E-state index in [1.807, 2.05) is 24.3 Å². The molecule has 4 nitrogen and oxygen atoms in total. The van der Waals surface area contributed by atoms with Crippen molar-refractivity contribution < 1.29 is 12.8 Å². The number of rotatable bonds is 3. The number of anilines is 1. The van der Waals surface area contributed by atoms with Crippen molar-refractivity contribution >= 4 is 60.0 Å². The standard InChI is InChI=1S/C18H15BrClFN2O2S2/c19-12-5-6-16(14(21)7-12)23-17-10-27(24,25)9-15(17)22-18(23)26-8-11-3-1-2-4-13(11)20/h1-7,15,17H,8-10H2/t15-,17+/m1/s1. The Morgan fingerprint density at radius 2 is 2.04 bits per heavy atom. The zero-order chi connectivity index (χ0) is 19.2. The average Bonchev–Trinajstić information content (AvgIpc) is 3.06. The molecule has 0 aliphatic carbocycles. The summed E-state index contributed by atoms with van der Waals surface area (Å²) in [5.41, 5.74) is 1.29.